The molecule has 0 bridgehead atoms. The molecule has 1 aliphatic rings. The average Bonchev–Trinajstić information content (AvgIpc) is 2.46. The van der Waals surface area contributed by atoms with Crippen LogP contribution in [-0.4, -0.2) is 48.5 Å². The summed E-state index contributed by atoms with van der Waals surface area (Å²) in [5, 5.41) is 3.29. The average molecular weight is 264 g/mol. The minimum Gasteiger partial charge on any atom is -0.344 e. The summed E-state index contributed by atoms with van der Waals surface area (Å²) < 4.78 is 0. The Morgan fingerprint density at radius 2 is 2.22 bits per heavy atom. The molecule has 2 rings (SSSR count). The van der Waals surface area contributed by atoms with Crippen molar-refractivity contribution in [1.29, 1.82) is 0 Å². The molecule has 4 heteroatoms. The van der Waals surface area contributed by atoms with Crippen molar-refractivity contribution in [2.24, 2.45) is 0 Å². The maximum Gasteiger partial charge on any atom is 0.240 e. The van der Waals surface area contributed by atoms with Crippen LogP contribution < -0.4 is 5.32 Å². The van der Waals surface area contributed by atoms with Gasteiger partial charge in [0.2, 0.25) is 5.91 Å². The van der Waals surface area contributed by atoms with Crippen molar-refractivity contribution in [1.82, 2.24) is 10.2 Å². The topological polar surface area (TPSA) is 32.3 Å². The molecule has 0 spiro atoms. The molecule has 0 aromatic heterocycles. The van der Waals surface area contributed by atoms with E-state index in [1.165, 1.54) is 5.56 Å². The van der Waals surface area contributed by atoms with Crippen LogP contribution in [0.15, 0.2) is 30.3 Å². The summed E-state index contributed by atoms with van der Waals surface area (Å²) >= 11 is 1.85. The molecule has 0 radical (unpaired) electrons. The van der Waals surface area contributed by atoms with Gasteiger partial charge in [0.1, 0.15) is 0 Å². The van der Waals surface area contributed by atoms with Crippen LogP contribution in [-0.2, 0) is 11.2 Å². The zero-order chi connectivity index (χ0) is 12.8. The van der Waals surface area contributed by atoms with E-state index in [0.717, 1.165) is 31.0 Å². The third-order valence-corrected chi connectivity index (χ3v) is 4.24. The molecule has 1 amide bonds. The fourth-order valence-corrected chi connectivity index (χ4v) is 2.97. The van der Waals surface area contributed by atoms with Crippen LogP contribution in [0.4, 0.5) is 0 Å². The number of rotatable bonds is 4. The summed E-state index contributed by atoms with van der Waals surface area (Å²) in [5.74, 6) is 2.23. The van der Waals surface area contributed by atoms with Crippen LogP contribution in [0.1, 0.15) is 5.56 Å². The van der Waals surface area contributed by atoms with Crippen LogP contribution in [0.5, 0.6) is 0 Å². The smallest absolute Gasteiger partial charge is 0.240 e. The highest BCUT2D eigenvalue weighted by atomic mass is 32.2. The first-order valence-electron chi connectivity index (χ1n) is 6.37. The third-order valence-electron chi connectivity index (χ3n) is 3.17. The van der Waals surface area contributed by atoms with E-state index in [0.29, 0.717) is 0 Å². The lowest BCUT2D eigenvalue weighted by atomic mass is 10.1. The number of likely N-dealkylation sites (N-methyl/N-ethyl adjacent to an activating group) is 1. The quantitative estimate of drug-likeness (QED) is 0.892. The van der Waals surface area contributed by atoms with E-state index < -0.39 is 0 Å². The molecule has 18 heavy (non-hydrogen) atoms. The van der Waals surface area contributed by atoms with Gasteiger partial charge in [-0.1, -0.05) is 30.3 Å². The molecule has 1 aliphatic heterocycles. The van der Waals surface area contributed by atoms with Gasteiger partial charge in [-0.15, -0.1) is 0 Å². The second-order valence-electron chi connectivity index (χ2n) is 4.58. The largest absolute Gasteiger partial charge is 0.344 e. The number of benzene rings is 1. The maximum absolute atomic E-state index is 12.2. The van der Waals surface area contributed by atoms with Crippen molar-refractivity contribution in [3.63, 3.8) is 0 Å². The predicted octanol–water partition coefficient (Wildman–Crippen LogP) is 1.39. The lowest BCUT2D eigenvalue weighted by molar-refractivity contribution is -0.131. The van der Waals surface area contributed by atoms with Crippen molar-refractivity contribution in [2.75, 3.05) is 31.6 Å². The van der Waals surface area contributed by atoms with Crippen molar-refractivity contribution in [3.05, 3.63) is 35.9 Å². The normalized spacial score (nSPS) is 19.5. The summed E-state index contributed by atoms with van der Waals surface area (Å²) in [6.07, 6.45) is 0.920. The van der Waals surface area contributed by atoms with E-state index in [9.17, 15) is 4.79 Å². The van der Waals surface area contributed by atoms with E-state index in [4.69, 9.17) is 0 Å². The number of hydrogen-bond donors (Lipinski definition) is 1. The van der Waals surface area contributed by atoms with Crippen molar-refractivity contribution >= 4 is 17.7 Å². The molecule has 98 valence electrons. The Balaban J connectivity index is 1.80. The molecule has 1 saturated heterocycles. The second-order valence-corrected chi connectivity index (χ2v) is 5.73. The number of amides is 1. The lowest BCUT2D eigenvalue weighted by Crippen LogP contribution is -2.49. The van der Waals surface area contributed by atoms with E-state index >= 15 is 0 Å². The zero-order valence-electron chi connectivity index (χ0n) is 10.8. The summed E-state index contributed by atoms with van der Waals surface area (Å²) in [6.45, 7) is 1.72. The summed E-state index contributed by atoms with van der Waals surface area (Å²) in [6, 6.07) is 10.3. The molecule has 1 aromatic carbocycles. The summed E-state index contributed by atoms with van der Waals surface area (Å²) in [7, 11) is 1.90. The second kappa shape index (κ2) is 6.81. The Morgan fingerprint density at radius 3 is 2.89 bits per heavy atom. The first-order valence-corrected chi connectivity index (χ1v) is 7.53. The van der Waals surface area contributed by atoms with Crippen molar-refractivity contribution in [3.8, 4) is 0 Å². The van der Waals surface area contributed by atoms with Crippen LogP contribution in [0, 0.1) is 0 Å². The predicted molar refractivity (Wildman–Crippen MR) is 76.9 cm³/mol. The Bertz CT molecular complexity index is 377. The minimum absolute atomic E-state index is 0.00419. The van der Waals surface area contributed by atoms with Gasteiger partial charge in [0, 0.05) is 31.6 Å². The third kappa shape index (κ3) is 3.75. The lowest BCUT2D eigenvalue weighted by Gasteiger charge is -2.27. The number of nitrogens with one attached hydrogen (secondary N) is 1. The fraction of sp³-hybridized carbons (Fsp3) is 0.500. The molecule has 1 aromatic rings. The minimum atomic E-state index is 0.00419. The van der Waals surface area contributed by atoms with Crippen molar-refractivity contribution < 1.29 is 4.79 Å². The Hall–Kier alpha value is -1.00. The van der Waals surface area contributed by atoms with Gasteiger partial charge in [-0.25, -0.2) is 0 Å². The number of nitrogens with zero attached hydrogens (tertiary/aromatic N) is 1. The first-order chi connectivity index (χ1) is 8.77. The molecule has 1 N–H and O–H groups in total. The SMILES string of the molecule is CN(CCc1ccccc1)C(=O)C1CSCCN1. The molecule has 0 saturated carbocycles. The Morgan fingerprint density at radius 1 is 1.44 bits per heavy atom. The Labute approximate surface area is 113 Å². The van der Waals surface area contributed by atoms with Crippen LogP contribution in [0.25, 0.3) is 0 Å². The van der Waals surface area contributed by atoms with Crippen LogP contribution in [0.2, 0.25) is 0 Å². The van der Waals surface area contributed by atoms with Gasteiger partial charge in [-0.2, -0.15) is 11.8 Å². The van der Waals surface area contributed by atoms with Crippen LogP contribution >= 0.6 is 11.8 Å². The summed E-state index contributed by atoms with van der Waals surface area (Å²) in [4.78, 5) is 14.0. The fourth-order valence-electron chi connectivity index (χ4n) is 2.04. The highest BCUT2D eigenvalue weighted by Gasteiger charge is 2.23. The van der Waals surface area contributed by atoms with E-state index in [1.807, 2.05) is 41.9 Å². The molecule has 1 atom stereocenters. The van der Waals surface area contributed by atoms with E-state index in [2.05, 4.69) is 17.4 Å². The first kappa shape index (κ1) is 13.4. The Kier molecular flexibility index (Phi) is 5.08. The standard InChI is InChI=1S/C14H20N2OS/c1-16(9-7-12-5-3-2-4-6-12)14(17)13-11-18-10-8-15-13/h2-6,13,15H,7-11H2,1H3. The number of thioether (sulfide) groups is 1. The molecule has 3 nitrogen and oxygen atoms in total. The zero-order valence-corrected chi connectivity index (χ0v) is 11.6. The van der Waals surface area contributed by atoms with Gasteiger partial charge in [-0.05, 0) is 12.0 Å². The van der Waals surface area contributed by atoms with Gasteiger partial charge in [0.05, 0.1) is 6.04 Å². The molecule has 0 aliphatic carbocycles. The number of carbonyl (C=O) groups excluding carboxylic acids is 1. The number of carbonyl (C=O) groups is 1. The van der Waals surface area contributed by atoms with E-state index in [1.54, 1.807) is 0 Å². The van der Waals surface area contributed by atoms with Crippen molar-refractivity contribution in [2.45, 2.75) is 12.5 Å². The van der Waals surface area contributed by atoms with E-state index in [-0.39, 0.29) is 11.9 Å². The van der Waals surface area contributed by atoms with Gasteiger partial charge in [0.25, 0.3) is 0 Å². The number of hydrogen-bond acceptors (Lipinski definition) is 3. The molecule has 1 unspecified atom stereocenters. The van der Waals surface area contributed by atoms with Gasteiger partial charge >= 0.3 is 0 Å². The highest BCUT2D eigenvalue weighted by molar-refractivity contribution is 7.99. The summed E-state index contributed by atoms with van der Waals surface area (Å²) in [5.41, 5.74) is 1.28. The monoisotopic (exact) mass is 264 g/mol. The molecule has 1 fully saturated rings. The van der Waals surface area contributed by atoms with Gasteiger partial charge in [-0.3, -0.25) is 4.79 Å². The van der Waals surface area contributed by atoms with Gasteiger partial charge < -0.3 is 10.2 Å². The highest BCUT2D eigenvalue weighted by Crippen LogP contribution is 2.10. The molecular weight excluding hydrogens is 244 g/mol. The maximum atomic E-state index is 12.2. The van der Waals surface area contributed by atoms with Gasteiger partial charge in [0.15, 0.2) is 0 Å². The molecule has 1 heterocycles. The van der Waals surface area contributed by atoms with Crippen LogP contribution in [0.3, 0.4) is 0 Å². The molecular formula is C14H20N2OS.